The van der Waals surface area contributed by atoms with Gasteiger partial charge in [-0.3, -0.25) is 4.79 Å². The highest BCUT2D eigenvalue weighted by molar-refractivity contribution is 7.89. The molecule has 0 radical (unpaired) electrons. The normalized spacial score (nSPS) is 13.8. The lowest BCUT2D eigenvalue weighted by molar-refractivity contribution is -0.123. The third-order valence-electron chi connectivity index (χ3n) is 4.95. The Morgan fingerprint density at radius 1 is 1.10 bits per heavy atom. The molecule has 0 unspecified atom stereocenters. The van der Waals surface area contributed by atoms with E-state index in [0.29, 0.717) is 5.02 Å². The summed E-state index contributed by atoms with van der Waals surface area (Å²) in [4.78, 5) is 15.0. The van der Waals surface area contributed by atoms with Crippen molar-refractivity contribution in [1.29, 1.82) is 0 Å². The third kappa shape index (κ3) is 6.67. The fourth-order valence-electron chi connectivity index (χ4n) is 3.16. The monoisotopic (exact) mass is 467 g/mol. The van der Waals surface area contributed by atoms with Crippen LogP contribution in [0.2, 0.25) is 5.02 Å². The van der Waals surface area contributed by atoms with E-state index in [4.69, 9.17) is 16.3 Å². The van der Waals surface area contributed by atoms with Gasteiger partial charge in [-0.05, 0) is 50.3 Å². The standard InChI is InChI=1S/C22H30ClN3O4S/c1-15(2)21(25-31(28,29)17-12-10-16(23)11-13-17)22(27)24-14-19(26(3)4)18-8-6-7-9-20(18)30-5/h6-13,15,19,21,25H,14H2,1-5H3,(H,24,27)/t19-,21+/m1/s1. The highest BCUT2D eigenvalue weighted by Crippen LogP contribution is 2.27. The van der Waals surface area contributed by atoms with Gasteiger partial charge in [-0.15, -0.1) is 0 Å². The van der Waals surface area contributed by atoms with E-state index in [2.05, 4.69) is 10.0 Å². The van der Waals surface area contributed by atoms with Crippen LogP contribution >= 0.6 is 11.6 Å². The molecule has 2 aromatic rings. The number of sulfonamides is 1. The molecule has 0 fully saturated rings. The molecule has 0 aliphatic rings. The number of carbonyl (C=O) groups is 1. The number of amides is 1. The molecule has 0 saturated carbocycles. The molecule has 0 aromatic heterocycles. The first-order valence-corrected chi connectivity index (χ1v) is 11.8. The number of rotatable bonds is 10. The Hall–Kier alpha value is -2.13. The summed E-state index contributed by atoms with van der Waals surface area (Å²) < 4.78 is 33.5. The number of halogens is 1. The van der Waals surface area contributed by atoms with Gasteiger partial charge in [-0.25, -0.2) is 8.42 Å². The van der Waals surface area contributed by atoms with Crippen LogP contribution in [-0.2, 0) is 14.8 Å². The molecule has 0 heterocycles. The molecule has 0 bridgehead atoms. The summed E-state index contributed by atoms with van der Waals surface area (Å²) in [6, 6.07) is 12.3. The Morgan fingerprint density at radius 3 is 2.26 bits per heavy atom. The maximum absolute atomic E-state index is 13.0. The molecule has 0 aliphatic heterocycles. The van der Waals surface area contributed by atoms with E-state index >= 15 is 0 Å². The lowest BCUT2D eigenvalue weighted by atomic mass is 10.0. The summed E-state index contributed by atoms with van der Waals surface area (Å²) in [6.45, 7) is 3.87. The summed E-state index contributed by atoms with van der Waals surface area (Å²) in [5.74, 6) is 0.0692. The summed E-state index contributed by atoms with van der Waals surface area (Å²) in [5, 5.41) is 3.33. The van der Waals surface area contributed by atoms with Gasteiger partial charge in [0.15, 0.2) is 0 Å². The van der Waals surface area contributed by atoms with Crippen molar-refractivity contribution < 1.29 is 17.9 Å². The van der Waals surface area contributed by atoms with Crippen LogP contribution in [0.3, 0.4) is 0 Å². The van der Waals surface area contributed by atoms with Gasteiger partial charge in [0.1, 0.15) is 11.8 Å². The van der Waals surface area contributed by atoms with Crippen molar-refractivity contribution in [3.63, 3.8) is 0 Å². The molecule has 0 spiro atoms. The minimum Gasteiger partial charge on any atom is -0.496 e. The molecule has 0 aliphatic carbocycles. The molecule has 31 heavy (non-hydrogen) atoms. The minimum atomic E-state index is -3.88. The van der Waals surface area contributed by atoms with Gasteiger partial charge in [0.2, 0.25) is 15.9 Å². The number of carbonyl (C=O) groups excluding carboxylic acids is 1. The number of methoxy groups -OCH3 is 1. The number of ether oxygens (including phenoxy) is 1. The van der Waals surface area contributed by atoms with Crippen LogP contribution in [0.1, 0.15) is 25.5 Å². The van der Waals surface area contributed by atoms with E-state index in [9.17, 15) is 13.2 Å². The van der Waals surface area contributed by atoms with Crippen molar-refractivity contribution in [2.75, 3.05) is 27.7 Å². The Kier molecular flexibility index (Phi) is 8.88. The van der Waals surface area contributed by atoms with Gasteiger partial charge < -0.3 is 15.0 Å². The molecule has 2 N–H and O–H groups in total. The summed E-state index contributed by atoms with van der Waals surface area (Å²) >= 11 is 5.84. The molecule has 2 rings (SSSR count). The zero-order valence-corrected chi connectivity index (χ0v) is 20.0. The lowest BCUT2D eigenvalue weighted by Gasteiger charge is -2.28. The SMILES string of the molecule is COc1ccccc1[C@@H](CNC(=O)[C@@H](NS(=O)(=O)c1ccc(Cl)cc1)C(C)C)N(C)C. The Bertz CT molecular complexity index is 979. The van der Waals surface area contributed by atoms with Crippen LogP contribution in [-0.4, -0.2) is 53.0 Å². The zero-order chi connectivity index (χ0) is 23.2. The first kappa shape index (κ1) is 25.1. The van der Waals surface area contributed by atoms with Gasteiger partial charge >= 0.3 is 0 Å². The molecule has 9 heteroatoms. The zero-order valence-electron chi connectivity index (χ0n) is 18.4. The molecule has 1 amide bonds. The molecule has 2 aromatic carbocycles. The van der Waals surface area contributed by atoms with E-state index in [1.807, 2.05) is 43.3 Å². The highest BCUT2D eigenvalue weighted by atomic mass is 35.5. The van der Waals surface area contributed by atoms with E-state index in [0.717, 1.165) is 11.3 Å². The number of para-hydroxylation sites is 1. The highest BCUT2D eigenvalue weighted by Gasteiger charge is 2.29. The summed E-state index contributed by atoms with van der Waals surface area (Å²) in [5.41, 5.74) is 0.929. The van der Waals surface area contributed by atoms with Crippen molar-refractivity contribution in [2.24, 2.45) is 5.92 Å². The summed E-state index contributed by atoms with van der Waals surface area (Å²) in [7, 11) is 1.54. The number of hydrogen-bond donors (Lipinski definition) is 2. The smallest absolute Gasteiger partial charge is 0.241 e. The van der Waals surface area contributed by atoms with Crippen molar-refractivity contribution in [3.8, 4) is 5.75 Å². The molecule has 2 atom stereocenters. The van der Waals surface area contributed by atoms with Crippen LogP contribution in [0.25, 0.3) is 0 Å². The number of hydrogen-bond acceptors (Lipinski definition) is 5. The average Bonchev–Trinajstić information content (AvgIpc) is 2.72. The van der Waals surface area contributed by atoms with E-state index in [1.165, 1.54) is 24.3 Å². The van der Waals surface area contributed by atoms with Crippen molar-refractivity contribution in [2.45, 2.75) is 30.8 Å². The van der Waals surface area contributed by atoms with Crippen LogP contribution < -0.4 is 14.8 Å². The van der Waals surface area contributed by atoms with Crippen LogP contribution in [0.15, 0.2) is 53.4 Å². The summed E-state index contributed by atoms with van der Waals surface area (Å²) in [6.07, 6.45) is 0. The number of benzene rings is 2. The van der Waals surface area contributed by atoms with Crippen molar-refractivity contribution >= 4 is 27.5 Å². The van der Waals surface area contributed by atoms with Gasteiger partial charge in [0.05, 0.1) is 18.0 Å². The molecule has 7 nitrogen and oxygen atoms in total. The number of nitrogens with zero attached hydrogens (tertiary/aromatic N) is 1. The second-order valence-corrected chi connectivity index (χ2v) is 9.91. The fourth-order valence-corrected chi connectivity index (χ4v) is 4.63. The Morgan fingerprint density at radius 2 is 1.71 bits per heavy atom. The molecule has 0 saturated heterocycles. The van der Waals surface area contributed by atoms with Crippen molar-refractivity contribution in [3.05, 3.63) is 59.1 Å². The molecular weight excluding hydrogens is 438 g/mol. The predicted octanol–water partition coefficient (Wildman–Crippen LogP) is 3.07. The quantitative estimate of drug-likeness (QED) is 0.560. The van der Waals surface area contributed by atoms with Crippen LogP contribution in [0.4, 0.5) is 0 Å². The van der Waals surface area contributed by atoms with E-state index < -0.39 is 22.0 Å². The first-order valence-electron chi connectivity index (χ1n) is 9.91. The van der Waals surface area contributed by atoms with Crippen molar-refractivity contribution in [1.82, 2.24) is 14.9 Å². The largest absolute Gasteiger partial charge is 0.496 e. The van der Waals surface area contributed by atoms with Gasteiger partial charge in [0, 0.05) is 17.1 Å². The maximum Gasteiger partial charge on any atom is 0.241 e. The fraction of sp³-hybridized carbons (Fsp3) is 0.409. The molecule has 170 valence electrons. The second-order valence-electron chi connectivity index (χ2n) is 7.76. The lowest BCUT2D eigenvalue weighted by Crippen LogP contribution is -2.50. The topological polar surface area (TPSA) is 87.7 Å². The van der Waals surface area contributed by atoms with E-state index in [-0.39, 0.29) is 23.4 Å². The third-order valence-corrected chi connectivity index (χ3v) is 6.66. The van der Waals surface area contributed by atoms with Gasteiger partial charge in [-0.2, -0.15) is 4.72 Å². The predicted molar refractivity (Wildman–Crippen MR) is 123 cm³/mol. The average molecular weight is 468 g/mol. The first-order chi connectivity index (χ1) is 14.6. The Balaban J connectivity index is 2.17. The number of nitrogens with one attached hydrogen (secondary N) is 2. The van der Waals surface area contributed by atoms with Gasteiger partial charge in [0.25, 0.3) is 0 Å². The number of likely N-dealkylation sites (N-methyl/N-ethyl adjacent to an activating group) is 1. The van der Waals surface area contributed by atoms with E-state index in [1.54, 1.807) is 21.0 Å². The molecular formula is C22H30ClN3O4S. The van der Waals surface area contributed by atoms with Gasteiger partial charge in [-0.1, -0.05) is 43.6 Å². The Labute approximate surface area is 189 Å². The maximum atomic E-state index is 13.0. The van der Waals surface area contributed by atoms with Crippen LogP contribution in [0, 0.1) is 5.92 Å². The minimum absolute atomic E-state index is 0.0514. The van der Waals surface area contributed by atoms with Crippen LogP contribution in [0.5, 0.6) is 5.75 Å². The second kappa shape index (κ2) is 10.9.